The van der Waals surface area contributed by atoms with E-state index in [4.69, 9.17) is 0 Å². The summed E-state index contributed by atoms with van der Waals surface area (Å²) in [4.78, 5) is 5.44. The van der Waals surface area contributed by atoms with Crippen LogP contribution in [0, 0.1) is 0 Å². The minimum Gasteiger partial charge on any atom is -0.435 e. The molecule has 0 unspecified atom stereocenters. The van der Waals surface area contributed by atoms with E-state index in [9.17, 15) is 8.78 Å². The number of ether oxygens (including phenoxy) is 1. The van der Waals surface area contributed by atoms with E-state index in [1.165, 1.54) is 28.6 Å². The molecule has 0 fully saturated rings. The summed E-state index contributed by atoms with van der Waals surface area (Å²) in [5.41, 5.74) is 0.631. The quantitative estimate of drug-likeness (QED) is 0.469. The molecule has 12 heteroatoms. The molecule has 3 heterocycles. The highest BCUT2D eigenvalue weighted by Crippen LogP contribution is 2.25. The molecule has 4 aromatic rings. The van der Waals surface area contributed by atoms with Gasteiger partial charge in [0.05, 0.1) is 16.3 Å². The fourth-order valence-electron chi connectivity index (χ4n) is 2.23. The lowest BCUT2D eigenvalue weighted by Gasteiger charge is -2.06. The monoisotopic (exact) mass is 407 g/mol. The van der Waals surface area contributed by atoms with Gasteiger partial charge in [-0.05, 0) is 46.1 Å². The minimum absolute atomic E-state index is 0.0691. The molecule has 0 saturated carbocycles. The molecular weight excluding hydrogens is 396 g/mol. The number of aromatic amines is 1. The molecule has 8 nitrogen and oxygen atoms in total. The van der Waals surface area contributed by atoms with E-state index in [1.54, 1.807) is 23.5 Å². The highest BCUT2D eigenvalue weighted by atomic mass is 32.2. The fraction of sp³-hybridized carbons (Fsp3) is 0.133. The highest BCUT2D eigenvalue weighted by Gasteiger charge is 2.13. The van der Waals surface area contributed by atoms with E-state index >= 15 is 0 Å². The zero-order chi connectivity index (χ0) is 18.6. The van der Waals surface area contributed by atoms with Crippen molar-refractivity contribution in [2.45, 2.75) is 17.5 Å². The molecule has 138 valence electrons. The van der Waals surface area contributed by atoms with Gasteiger partial charge in [-0.2, -0.15) is 13.5 Å². The second kappa shape index (κ2) is 7.80. The highest BCUT2D eigenvalue weighted by molar-refractivity contribution is 7.98. The zero-order valence-electron chi connectivity index (χ0n) is 13.5. The lowest BCUT2D eigenvalue weighted by molar-refractivity contribution is -0.0498. The molecule has 1 N–H and O–H groups in total. The Bertz CT molecular complexity index is 1000. The van der Waals surface area contributed by atoms with Crippen molar-refractivity contribution < 1.29 is 13.5 Å². The predicted molar refractivity (Wildman–Crippen MR) is 95.0 cm³/mol. The van der Waals surface area contributed by atoms with Crippen molar-refractivity contribution in [1.29, 1.82) is 0 Å². The Morgan fingerprint density at radius 1 is 1.22 bits per heavy atom. The number of halogens is 2. The van der Waals surface area contributed by atoms with Gasteiger partial charge in [0.2, 0.25) is 5.16 Å². The summed E-state index contributed by atoms with van der Waals surface area (Å²) in [5.74, 6) is 1.79. The van der Waals surface area contributed by atoms with Crippen LogP contribution in [0.4, 0.5) is 8.78 Å². The summed E-state index contributed by atoms with van der Waals surface area (Å²) in [6.45, 7) is -2.86. The van der Waals surface area contributed by atoms with Crippen molar-refractivity contribution in [2.24, 2.45) is 0 Å². The van der Waals surface area contributed by atoms with Crippen molar-refractivity contribution in [3.8, 4) is 22.1 Å². The van der Waals surface area contributed by atoms with Crippen molar-refractivity contribution in [1.82, 2.24) is 35.4 Å². The molecular formula is C15H11F2N7OS2. The average molecular weight is 407 g/mol. The lowest BCUT2D eigenvalue weighted by Crippen LogP contribution is -2.04. The number of thioether (sulfide) groups is 1. The molecule has 0 saturated heterocycles. The number of thiophene rings is 1. The number of hydrogen-bond donors (Lipinski definition) is 1. The molecule has 4 rings (SSSR count). The average Bonchev–Trinajstić information content (AvgIpc) is 3.40. The second-order valence-electron chi connectivity index (χ2n) is 5.11. The maximum Gasteiger partial charge on any atom is 0.387 e. The molecule has 0 spiro atoms. The molecule has 0 aliphatic heterocycles. The Kier molecular flexibility index (Phi) is 5.07. The fourth-order valence-corrected chi connectivity index (χ4v) is 3.60. The molecule has 0 atom stereocenters. The second-order valence-corrected chi connectivity index (χ2v) is 7.00. The molecule has 1 aromatic carbocycles. The number of nitrogens with one attached hydrogen (secondary N) is 1. The summed E-state index contributed by atoms with van der Waals surface area (Å²) in [6.07, 6.45) is 0. The van der Waals surface area contributed by atoms with Crippen LogP contribution in [0.1, 0.15) is 5.82 Å². The Hall–Kier alpha value is -2.86. The SMILES string of the molecule is FC(F)Oc1ccc(-n2nnnc2CSc2n[nH]c(-c3cccs3)n2)cc1. The number of rotatable bonds is 7. The molecule has 27 heavy (non-hydrogen) atoms. The Labute approximate surface area is 159 Å². The largest absolute Gasteiger partial charge is 0.435 e. The van der Waals surface area contributed by atoms with Gasteiger partial charge in [-0.15, -0.1) is 21.5 Å². The lowest BCUT2D eigenvalue weighted by atomic mass is 10.3. The summed E-state index contributed by atoms with van der Waals surface area (Å²) in [6, 6.07) is 9.97. The van der Waals surface area contributed by atoms with Gasteiger partial charge in [0.25, 0.3) is 0 Å². The standard InChI is InChI=1S/C15H11F2N7OS2/c16-14(17)25-10-5-3-9(4-6-10)24-12(19-22-23-24)8-27-15-18-13(20-21-15)11-2-1-7-26-11/h1-7,14H,8H2,(H,18,20,21). The van der Waals surface area contributed by atoms with E-state index in [2.05, 4.69) is 35.4 Å². The third kappa shape index (κ3) is 4.11. The number of H-pyrrole nitrogens is 1. The van der Waals surface area contributed by atoms with Crippen LogP contribution in [0.25, 0.3) is 16.4 Å². The maximum atomic E-state index is 12.2. The van der Waals surface area contributed by atoms with Crippen LogP contribution in [0.5, 0.6) is 5.75 Å². The van der Waals surface area contributed by atoms with E-state index in [0.717, 1.165) is 4.88 Å². The van der Waals surface area contributed by atoms with Crippen LogP contribution < -0.4 is 4.74 Å². The van der Waals surface area contributed by atoms with Crippen molar-refractivity contribution >= 4 is 23.1 Å². The van der Waals surface area contributed by atoms with E-state index in [1.807, 2.05) is 17.5 Å². The van der Waals surface area contributed by atoms with Gasteiger partial charge in [-0.1, -0.05) is 17.8 Å². The van der Waals surface area contributed by atoms with Gasteiger partial charge < -0.3 is 4.74 Å². The van der Waals surface area contributed by atoms with E-state index < -0.39 is 6.61 Å². The normalized spacial score (nSPS) is 11.2. The third-order valence-corrected chi connectivity index (χ3v) is 5.11. The summed E-state index contributed by atoms with van der Waals surface area (Å²) >= 11 is 2.95. The maximum absolute atomic E-state index is 12.2. The zero-order valence-corrected chi connectivity index (χ0v) is 15.1. The van der Waals surface area contributed by atoms with E-state index in [-0.39, 0.29) is 5.75 Å². The summed E-state index contributed by atoms with van der Waals surface area (Å²) < 4.78 is 30.3. The Balaban J connectivity index is 1.45. The smallest absolute Gasteiger partial charge is 0.387 e. The van der Waals surface area contributed by atoms with Crippen LogP contribution >= 0.6 is 23.1 Å². The van der Waals surface area contributed by atoms with Gasteiger partial charge in [0.1, 0.15) is 5.75 Å². The number of tetrazole rings is 1. The van der Waals surface area contributed by atoms with Crippen LogP contribution in [0.3, 0.4) is 0 Å². The van der Waals surface area contributed by atoms with Gasteiger partial charge in [-0.3, -0.25) is 5.10 Å². The van der Waals surface area contributed by atoms with Crippen LogP contribution in [0.2, 0.25) is 0 Å². The number of aromatic nitrogens is 7. The molecule has 0 aliphatic rings. The Morgan fingerprint density at radius 2 is 2.07 bits per heavy atom. The molecule has 3 aromatic heterocycles. The van der Waals surface area contributed by atoms with Crippen molar-refractivity contribution in [3.63, 3.8) is 0 Å². The molecule has 0 bridgehead atoms. The first-order valence-electron chi connectivity index (χ1n) is 7.60. The third-order valence-electron chi connectivity index (χ3n) is 3.39. The first-order valence-corrected chi connectivity index (χ1v) is 9.47. The first kappa shape index (κ1) is 17.5. The first-order chi connectivity index (χ1) is 13.2. The van der Waals surface area contributed by atoms with Gasteiger partial charge in [-0.25, -0.2) is 4.98 Å². The van der Waals surface area contributed by atoms with E-state index in [0.29, 0.717) is 28.2 Å². The number of alkyl halides is 2. The number of hydrogen-bond acceptors (Lipinski definition) is 8. The molecule has 0 radical (unpaired) electrons. The van der Waals surface area contributed by atoms with Gasteiger partial charge >= 0.3 is 6.61 Å². The molecule has 0 aliphatic carbocycles. The number of nitrogens with zero attached hydrogens (tertiary/aromatic N) is 6. The number of benzene rings is 1. The summed E-state index contributed by atoms with van der Waals surface area (Å²) in [7, 11) is 0. The minimum atomic E-state index is -2.86. The topological polar surface area (TPSA) is 94.4 Å². The predicted octanol–water partition coefficient (Wildman–Crippen LogP) is 3.40. The van der Waals surface area contributed by atoms with Gasteiger partial charge in [0.15, 0.2) is 11.6 Å². The van der Waals surface area contributed by atoms with Crippen molar-refractivity contribution in [2.75, 3.05) is 0 Å². The van der Waals surface area contributed by atoms with Crippen LogP contribution in [-0.2, 0) is 5.75 Å². The van der Waals surface area contributed by atoms with Crippen LogP contribution in [0.15, 0.2) is 46.9 Å². The van der Waals surface area contributed by atoms with Crippen molar-refractivity contribution in [3.05, 3.63) is 47.6 Å². The molecule has 0 amide bonds. The Morgan fingerprint density at radius 3 is 2.81 bits per heavy atom. The van der Waals surface area contributed by atoms with Gasteiger partial charge in [0, 0.05) is 0 Å². The summed E-state index contributed by atoms with van der Waals surface area (Å²) in [5, 5.41) is 21.3. The van der Waals surface area contributed by atoms with Crippen LogP contribution in [-0.4, -0.2) is 42.0 Å².